The van der Waals surface area contributed by atoms with Crippen LogP contribution in [0.25, 0.3) is 0 Å². The SMILES string of the molecule is CC(C)CCCC(C)Nc1ccnn1C. The molecule has 0 saturated carbocycles. The van der Waals surface area contributed by atoms with Gasteiger partial charge in [0.15, 0.2) is 0 Å². The second kappa shape index (κ2) is 5.79. The first kappa shape index (κ1) is 12.1. The highest BCUT2D eigenvalue weighted by atomic mass is 15.3. The molecule has 0 saturated heterocycles. The predicted molar refractivity (Wildman–Crippen MR) is 65.0 cm³/mol. The zero-order chi connectivity index (χ0) is 11.3. The van der Waals surface area contributed by atoms with Crippen molar-refractivity contribution >= 4 is 5.82 Å². The van der Waals surface area contributed by atoms with Gasteiger partial charge in [-0.3, -0.25) is 4.68 Å². The van der Waals surface area contributed by atoms with Gasteiger partial charge in [-0.2, -0.15) is 5.10 Å². The average molecular weight is 209 g/mol. The van der Waals surface area contributed by atoms with E-state index >= 15 is 0 Å². The van der Waals surface area contributed by atoms with Crippen LogP contribution in [0.2, 0.25) is 0 Å². The number of aromatic nitrogens is 2. The summed E-state index contributed by atoms with van der Waals surface area (Å²) in [4.78, 5) is 0. The van der Waals surface area contributed by atoms with E-state index in [9.17, 15) is 0 Å². The van der Waals surface area contributed by atoms with Gasteiger partial charge in [-0.1, -0.05) is 26.7 Å². The molecule has 0 radical (unpaired) electrons. The van der Waals surface area contributed by atoms with Crippen LogP contribution < -0.4 is 5.32 Å². The van der Waals surface area contributed by atoms with Crippen LogP contribution >= 0.6 is 0 Å². The molecule has 1 aromatic rings. The van der Waals surface area contributed by atoms with E-state index in [1.165, 1.54) is 19.3 Å². The van der Waals surface area contributed by atoms with Gasteiger partial charge in [0.2, 0.25) is 0 Å². The first-order valence-corrected chi connectivity index (χ1v) is 5.84. The molecule has 15 heavy (non-hydrogen) atoms. The highest BCUT2D eigenvalue weighted by Crippen LogP contribution is 2.12. The van der Waals surface area contributed by atoms with Crippen molar-refractivity contribution in [2.75, 3.05) is 5.32 Å². The Hall–Kier alpha value is -0.990. The van der Waals surface area contributed by atoms with Crippen LogP contribution in [0.3, 0.4) is 0 Å². The molecular formula is C12H23N3. The van der Waals surface area contributed by atoms with E-state index in [1.807, 2.05) is 24.0 Å². The molecule has 1 rings (SSSR count). The second-order valence-corrected chi connectivity index (χ2v) is 4.71. The molecular weight excluding hydrogens is 186 g/mol. The Bertz CT molecular complexity index is 278. The Morgan fingerprint density at radius 2 is 2.07 bits per heavy atom. The first-order chi connectivity index (χ1) is 7.09. The summed E-state index contributed by atoms with van der Waals surface area (Å²) < 4.78 is 1.87. The molecule has 0 aliphatic heterocycles. The van der Waals surface area contributed by atoms with Crippen molar-refractivity contribution in [2.45, 2.75) is 46.1 Å². The summed E-state index contributed by atoms with van der Waals surface area (Å²) in [7, 11) is 1.96. The second-order valence-electron chi connectivity index (χ2n) is 4.71. The lowest BCUT2D eigenvalue weighted by Gasteiger charge is -2.15. The fourth-order valence-electron chi connectivity index (χ4n) is 1.67. The maximum Gasteiger partial charge on any atom is 0.124 e. The van der Waals surface area contributed by atoms with Gasteiger partial charge in [-0.05, 0) is 19.3 Å². The smallest absolute Gasteiger partial charge is 0.124 e. The Morgan fingerprint density at radius 3 is 2.60 bits per heavy atom. The average Bonchev–Trinajstić information content (AvgIpc) is 2.51. The maximum atomic E-state index is 4.13. The molecule has 0 fully saturated rings. The van der Waals surface area contributed by atoms with Crippen molar-refractivity contribution in [3.8, 4) is 0 Å². The molecule has 86 valence electrons. The minimum atomic E-state index is 0.527. The van der Waals surface area contributed by atoms with Crippen molar-refractivity contribution in [1.82, 2.24) is 9.78 Å². The van der Waals surface area contributed by atoms with E-state index in [-0.39, 0.29) is 0 Å². The zero-order valence-electron chi connectivity index (χ0n) is 10.3. The van der Waals surface area contributed by atoms with E-state index in [4.69, 9.17) is 0 Å². The van der Waals surface area contributed by atoms with Crippen LogP contribution in [0.5, 0.6) is 0 Å². The van der Waals surface area contributed by atoms with E-state index < -0.39 is 0 Å². The van der Waals surface area contributed by atoms with Crippen molar-refractivity contribution in [3.63, 3.8) is 0 Å². The van der Waals surface area contributed by atoms with E-state index in [0.29, 0.717) is 6.04 Å². The quantitative estimate of drug-likeness (QED) is 0.780. The number of hydrogen-bond acceptors (Lipinski definition) is 2. The topological polar surface area (TPSA) is 29.9 Å². The van der Waals surface area contributed by atoms with Gasteiger partial charge in [0, 0.05) is 19.2 Å². The predicted octanol–water partition coefficient (Wildman–Crippen LogP) is 3.05. The molecule has 0 aliphatic carbocycles. The zero-order valence-corrected chi connectivity index (χ0v) is 10.3. The van der Waals surface area contributed by atoms with Gasteiger partial charge in [-0.25, -0.2) is 0 Å². The highest BCUT2D eigenvalue weighted by Gasteiger charge is 2.04. The third kappa shape index (κ3) is 4.36. The van der Waals surface area contributed by atoms with E-state index in [1.54, 1.807) is 0 Å². The lowest BCUT2D eigenvalue weighted by Crippen LogP contribution is -2.17. The van der Waals surface area contributed by atoms with Crippen molar-refractivity contribution in [3.05, 3.63) is 12.3 Å². The molecule has 1 N–H and O–H groups in total. The minimum Gasteiger partial charge on any atom is -0.368 e. The van der Waals surface area contributed by atoms with Crippen molar-refractivity contribution in [2.24, 2.45) is 13.0 Å². The molecule has 0 aliphatic rings. The standard InChI is InChI=1S/C12H23N3/c1-10(2)6-5-7-11(3)14-12-8-9-13-15(12)4/h8-11,14H,5-7H2,1-4H3. The van der Waals surface area contributed by atoms with Gasteiger partial charge in [-0.15, -0.1) is 0 Å². The molecule has 1 heterocycles. The summed E-state index contributed by atoms with van der Waals surface area (Å²) in [5, 5.41) is 7.60. The van der Waals surface area contributed by atoms with Gasteiger partial charge < -0.3 is 5.32 Å². The number of nitrogens with one attached hydrogen (secondary N) is 1. The Kier molecular flexibility index (Phi) is 4.66. The van der Waals surface area contributed by atoms with Gasteiger partial charge >= 0.3 is 0 Å². The molecule has 0 bridgehead atoms. The summed E-state index contributed by atoms with van der Waals surface area (Å²) in [6, 6.07) is 2.54. The number of anilines is 1. The summed E-state index contributed by atoms with van der Waals surface area (Å²) in [6.07, 6.45) is 5.66. The molecule has 0 amide bonds. The van der Waals surface area contributed by atoms with Gasteiger partial charge in [0.25, 0.3) is 0 Å². The third-order valence-electron chi connectivity index (χ3n) is 2.63. The minimum absolute atomic E-state index is 0.527. The third-order valence-corrected chi connectivity index (χ3v) is 2.63. The van der Waals surface area contributed by atoms with E-state index in [0.717, 1.165) is 11.7 Å². The number of rotatable bonds is 6. The Balaban J connectivity index is 2.24. The largest absolute Gasteiger partial charge is 0.368 e. The van der Waals surface area contributed by atoms with Crippen LogP contribution in [0.15, 0.2) is 12.3 Å². The molecule has 1 aromatic heterocycles. The molecule has 1 atom stereocenters. The summed E-state index contributed by atoms with van der Waals surface area (Å²) in [5.74, 6) is 1.92. The van der Waals surface area contributed by atoms with Crippen molar-refractivity contribution in [1.29, 1.82) is 0 Å². The number of aryl methyl sites for hydroxylation is 1. The Labute approximate surface area is 92.9 Å². The van der Waals surface area contributed by atoms with Gasteiger partial charge in [0.05, 0.1) is 6.20 Å². The Morgan fingerprint density at radius 1 is 1.33 bits per heavy atom. The lowest BCUT2D eigenvalue weighted by atomic mass is 10.0. The van der Waals surface area contributed by atoms with E-state index in [2.05, 4.69) is 31.2 Å². The van der Waals surface area contributed by atoms with Crippen LogP contribution in [-0.4, -0.2) is 15.8 Å². The highest BCUT2D eigenvalue weighted by molar-refractivity contribution is 5.34. The molecule has 0 spiro atoms. The number of nitrogens with zero attached hydrogens (tertiary/aromatic N) is 2. The first-order valence-electron chi connectivity index (χ1n) is 5.84. The summed E-state index contributed by atoms with van der Waals surface area (Å²) in [6.45, 7) is 6.78. The van der Waals surface area contributed by atoms with Crippen LogP contribution in [0, 0.1) is 5.92 Å². The lowest BCUT2D eigenvalue weighted by molar-refractivity contribution is 0.519. The van der Waals surface area contributed by atoms with Crippen LogP contribution in [-0.2, 0) is 7.05 Å². The van der Waals surface area contributed by atoms with Crippen molar-refractivity contribution < 1.29 is 0 Å². The maximum absolute atomic E-state index is 4.13. The normalized spacial score (nSPS) is 13.1. The molecule has 3 heteroatoms. The van der Waals surface area contributed by atoms with Crippen LogP contribution in [0.4, 0.5) is 5.82 Å². The van der Waals surface area contributed by atoms with Gasteiger partial charge in [0.1, 0.15) is 5.82 Å². The molecule has 0 aromatic carbocycles. The fraction of sp³-hybridized carbons (Fsp3) is 0.750. The summed E-state index contributed by atoms with van der Waals surface area (Å²) >= 11 is 0. The number of hydrogen-bond donors (Lipinski definition) is 1. The fourth-order valence-corrected chi connectivity index (χ4v) is 1.67. The summed E-state index contributed by atoms with van der Waals surface area (Å²) in [5.41, 5.74) is 0. The molecule has 3 nitrogen and oxygen atoms in total. The van der Waals surface area contributed by atoms with Crippen LogP contribution in [0.1, 0.15) is 40.0 Å². The monoisotopic (exact) mass is 209 g/mol. The molecule has 1 unspecified atom stereocenters.